The number of nitrogens with one attached hydrogen (secondary N) is 2. The first-order chi connectivity index (χ1) is 14.6. The smallest absolute Gasteiger partial charge is 0.290 e. The Balaban J connectivity index is 0.000000687. The topological polar surface area (TPSA) is 111 Å². The summed E-state index contributed by atoms with van der Waals surface area (Å²) in [5.41, 5.74) is 2.37. The van der Waals surface area contributed by atoms with E-state index < -0.39 is 0 Å². The summed E-state index contributed by atoms with van der Waals surface area (Å²) in [4.78, 5) is 28.2. The van der Waals surface area contributed by atoms with Gasteiger partial charge in [0, 0.05) is 40.7 Å². The number of aromatic nitrogens is 3. The van der Waals surface area contributed by atoms with Gasteiger partial charge in [-0.25, -0.2) is 4.98 Å². The maximum Gasteiger partial charge on any atom is 0.290 e. The molecule has 2 fully saturated rings. The van der Waals surface area contributed by atoms with Crippen LogP contribution in [-0.4, -0.2) is 62.7 Å². The first-order valence-electron chi connectivity index (χ1n) is 10.1. The Morgan fingerprint density at radius 3 is 2.73 bits per heavy atom. The highest BCUT2D eigenvalue weighted by Gasteiger charge is 2.36. The van der Waals surface area contributed by atoms with Crippen LogP contribution in [0.1, 0.15) is 42.6 Å². The lowest BCUT2D eigenvalue weighted by atomic mass is 9.82. The first-order valence-corrected chi connectivity index (χ1v) is 11.0. The zero-order valence-corrected chi connectivity index (χ0v) is 17.6. The van der Waals surface area contributed by atoms with Gasteiger partial charge < -0.3 is 15.3 Å². The molecule has 0 radical (unpaired) electrons. The Morgan fingerprint density at radius 1 is 1.33 bits per heavy atom. The van der Waals surface area contributed by atoms with Gasteiger partial charge in [0.25, 0.3) is 12.4 Å². The molecule has 9 heteroatoms. The molecule has 0 spiro atoms. The molecule has 2 aliphatic rings. The van der Waals surface area contributed by atoms with Crippen LogP contribution in [0.25, 0.3) is 21.5 Å². The monoisotopic (exact) mass is 427 g/mol. The van der Waals surface area contributed by atoms with Crippen molar-refractivity contribution < 1.29 is 14.7 Å². The number of aromatic amines is 1. The van der Waals surface area contributed by atoms with Crippen LogP contribution in [0, 0.1) is 0 Å². The zero-order valence-electron chi connectivity index (χ0n) is 16.7. The van der Waals surface area contributed by atoms with E-state index in [1.807, 2.05) is 23.6 Å². The second-order valence-electron chi connectivity index (χ2n) is 7.82. The van der Waals surface area contributed by atoms with Gasteiger partial charge in [-0.1, -0.05) is 6.42 Å². The molecular weight excluding hydrogens is 402 g/mol. The van der Waals surface area contributed by atoms with Gasteiger partial charge in [0.15, 0.2) is 5.69 Å². The first kappa shape index (κ1) is 20.5. The van der Waals surface area contributed by atoms with Crippen molar-refractivity contribution in [1.29, 1.82) is 0 Å². The summed E-state index contributed by atoms with van der Waals surface area (Å²) in [6.07, 6.45) is 7.65. The summed E-state index contributed by atoms with van der Waals surface area (Å²) >= 11 is 1.59. The van der Waals surface area contributed by atoms with Gasteiger partial charge in [-0.3, -0.25) is 14.7 Å². The second-order valence-corrected chi connectivity index (χ2v) is 8.72. The third-order valence-corrected chi connectivity index (χ3v) is 6.95. The van der Waals surface area contributed by atoms with Crippen molar-refractivity contribution in [2.45, 2.75) is 50.2 Å². The normalized spacial score (nSPS) is 23.4. The molecule has 2 atom stereocenters. The summed E-state index contributed by atoms with van der Waals surface area (Å²) in [5.74, 6) is -0.0786. The van der Waals surface area contributed by atoms with Crippen LogP contribution in [0.3, 0.4) is 0 Å². The average Bonchev–Trinajstić information content (AvgIpc) is 3.39. The van der Waals surface area contributed by atoms with E-state index in [0.29, 0.717) is 17.8 Å². The molecule has 2 aromatic heterocycles. The van der Waals surface area contributed by atoms with Crippen LogP contribution in [0.15, 0.2) is 29.8 Å². The van der Waals surface area contributed by atoms with E-state index in [-0.39, 0.29) is 18.4 Å². The van der Waals surface area contributed by atoms with Crippen molar-refractivity contribution in [1.82, 2.24) is 25.4 Å². The van der Waals surface area contributed by atoms with E-state index in [0.717, 1.165) is 34.3 Å². The lowest BCUT2D eigenvalue weighted by molar-refractivity contribution is -0.122. The predicted octanol–water partition coefficient (Wildman–Crippen LogP) is 3.13. The second kappa shape index (κ2) is 8.93. The SMILES string of the molecule is CN1C2CCCC1CC(NC(=O)c1n[nH]c3ccc(-c4nccs4)cc13)C2.O=CO. The minimum absolute atomic E-state index is 0.0786. The van der Waals surface area contributed by atoms with Crippen LogP contribution in [-0.2, 0) is 4.79 Å². The van der Waals surface area contributed by atoms with E-state index in [4.69, 9.17) is 9.90 Å². The van der Waals surface area contributed by atoms with Crippen LogP contribution in [0.4, 0.5) is 0 Å². The molecule has 4 heterocycles. The molecule has 158 valence electrons. The molecule has 5 rings (SSSR count). The Kier molecular flexibility index (Phi) is 6.10. The van der Waals surface area contributed by atoms with Crippen molar-refractivity contribution in [3.05, 3.63) is 35.5 Å². The van der Waals surface area contributed by atoms with Gasteiger partial charge in [-0.2, -0.15) is 5.10 Å². The van der Waals surface area contributed by atoms with E-state index in [1.54, 1.807) is 17.5 Å². The fraction of sp³-hybridized carbons (Fsp3) is 0.429. The maximum atomic E-state index is 13.0. The molecule has 2 unspecified atom stereocenters. The summed E-state index contributed by atoms with van der Waals surface area (Å²) in [7, 11) is 2.23. The summed E-state index contributed by atoms with van der Waals surface area (Å²) < 4.78 is 0. The molecule has 2 bridgehead atoms. The van der Waals surface area contributed by atoms with Gasteiger partial charge in [-0.15, -0.1) is 11.3 Å². The number of hydrogen-bond donors (Lipinski definition) is 3. The third-order valence-electron chi connectivity index (χ3n) is 6.13. The molecule has 30 heavy (non-hydrogen) atoms. The number of nitrogens with zero attached hydrogens (tertiary/aromatic N) is 3. The lowest BCUT2D eigenvalue weighted by Gasteiger charge is -2.47. The van der Waals surface area contributed by atoms with Crippen molar-refractivity contribution in [3.63, 3.8) is 0 Å². The Labute approximate surface area is 178 Å². The highest BCUT2D eigenvalue weighted by atomic mass is 32.1. The van der Waals surface area contributed by atoms with E-state index in [2.05, 4.69) is 32.4 Å². The van der Waals surface area contributed by atoms with Crippen molar-refractivity contribution in [2.75, 3.05) is 7.05 Å². The number of fused-ring (bicyclic) bond motifs is 3. The number of carboxylic acid groups (broad SMARTS) is 1. The van der Waals surface area contributed by atoms with E-state index in [9.17, 15) is 4.79 Å². The minimum atomic E-state index is -0.250. The van der Waals surface area contributed by atoms with Crippen LogP contribution >= 0.6 is 11.3 Å². The van der Waals surface area contributed by atoms with E-state index >= 15 is 0 Å². The van der Waals surface area contributed by atoms with Crippen LogP contribution < -0.4 is 5.32 Å². The Bertz CT molecular complexity index is 1010. The molecule has 8 nitrogen and oxygen atoms in total. The number of rotatable bonds is 3. The molecule has 0 aliphatic carbocycles. The number of amides is 1. The van der Waals surface area contributed by atoms with Gasteiger partial charge in [0.1, 0.15) is 5.01 Å². The summed E-state index contributed by atoms with van der Waals surface area (Å²) in [6.45, 7) is -0.250. The minimum Gasteiger partial charge on any atom is -0.483 e. The molecule has 2 aliphatic heterocycles. The van der Waals surface area contributed by atoms with E-state index in [1.165, 1.54) is 19.3 Å². The Hall–Kier alpha value is -2.78. The Morgan fingerprint density at radius 2 is 2.07 bits per heavy atom. The standard InChI is InChI=1S/C20H23N5OS.CH2O2/c1-25-14-3-2-4-15(25)11-13(10-14)22-19(26)18-16-9-12(20-21-7-8-27-20)5-6-17(16)23-24-18;2-1-3/h5-9,13-15H,2-4,10-11H2,1H3,(H,22,26)(H,23,24);1H,(H,2,3). The number of piperidine rings is 2. The fourth-order valence-corrected chi connectivity index (χ4v) is 5.31. The van der Waals surface area contributed by atoms with Gasteiger partial charge in [-0.05, 0) is 50.9 Å². The molecule has 0 saturated carbocycles. The average molecular weight is 428 g/mol. The van der Waals surface area contributed by atoms with Crippen molar-refractivity contribution >= 4 is 34.6 Å². The quantitative estimate of drug-likeness (QED) is 0.554. The molecule has 2 saturated heterocycles. The third kappa shape index (κ3) is 4.08. The largest absolute Gasteiger partial charge is 0.483 e. The van der Waals surface area contributed by atoms with Crippen LogP contribution in [0.5, 0.6) is 0 Å². The molecule has 3 N–H and O–H groups in total. The molecule has 1 amide bonds. The summed E-state index contributed by atoms with van der Waals surface area (Å²) in [5, 5.41) is 21.2. The number of thiazole rings is 1. The van der Waals surface area contributed by atoms with Gasteiger partial charge in [0.2, 0.25) is 0 Å². The lowest BCUT2D eigenvalue weighted by Crippen LogP contribution is -2.55. The number of hydrogen-bond acceptors (Lipinski definition) is 6. The van der Waals surface area contributed by atoms with Gasteiger partial charge >= 0.3 is 0 Å². The van der Waals surface area contributed by atoms with Crippen LogP contribution in [0.2, 0.25) is 0 Å². The highest BCUT2D eigenvalue weighted by molar-refractivity contribution is 7.13. The van der Waals surface area contributed by atoms with Crippen molar-refractivity contribution in [2.24, 2.45) is 0 Å². The molecule has 1 aromatic carbocycles. The predicted molar refractivity (Wildman–Crippen MR) is 116 cm³/mol. The maximum absolute atomic E-state index is 13.0. The van der Waals surface area contributed by atoms with Gasteiger partial charge in [0.05, 0.1) is 5.52 Å². The fourth-order valence-electron chi connectivity index (χ4n) is 4.67. The molecular formula is C21H25N5O3S. The number of benzene rings is 1. The summed E-state index contributed by atoms with van der Waals surface area (Å²) in [6, 6.07) is 7.41. The zero-order chi connectivity index (χ0) is 21.1. The van der Waals surface area contributed by atoms with Crippen molar-refractivity contribution in [3.8, 4) is 10.6 Å². The molecule has 3 aromatic rings. The number of carbonyl (C=O) groups is 2. The number of H-pyrrole nitrogens is 1. The highest BCUT2D eigenvalue weighted by Crippen LogP contribution is 2.33. The number of carbonyl (C=O) groups excluding carboxylic acids is 1.